The average Bonchev–Trinajstić information content (AvgIpc) is 2.56. The lowest BCUT2D eigenvalue weighted by molar-refractivity contribution is -0.134. The van der Waals surface area contributed by atoms with Crippen molar-refractivity contribution in [3.05, 3.63) is 21.9 Å². The van der Waals surface area contributed by atoms with Crippen molar-refractivity contribution >= 4 is 11.3 Å². The fourth-order valence-electron chi connectivity index (χ4n) is 1.67. The van der Waals surface area contributed by atoms with Crippen LogP contribution in [0, 0.1) is 12.3 Å². The van der Waals surface area contributed by atoms with E-state index in [4.69, 9.17) is 4.74 Å². The minimum absolute atomic E-state index is 0.0215. The zero-order valence-corrected chi connectivity index (χ0v) is 9.77. The Balaban J connectivity index is 1.74. The molecule has 2 N–H and O–H groups in total. The molecule has 0 unspecified atom stereocenters. The van der Waals surface area contributed by atoms with Gasteiger partial charge in [-0.2, -0.15) is 0 Å². The highest BCUT2D eigenvalue weighted by molar-refractivity contribution is 7.11. The number of thiophene rings is 1. The van der Waals surface area contributed by atoms with Gasteiger partial charge in [0.2, 0.25) is 0 Å². The predicted octanol–water partition coefficient (Wildman–Crippen LogP) is 1.16. The molecule has 0 aromatic carbocycles. The number of ether oxygens (including phenoxy) is 1. The summed E-state index contributed by atoms with van der Waals surface area (Å²) in [6, 6.07) is 4.28. The number of hydrogen-bond donors (Lipinski definition) is 2. The van der Waals surface area contributed by atoms with Crippen LogP contribution in [0.25, 0.3) is 0 Å². The summed E-state index contributed by atoms with van der Waals surface area (Å²) in [6.07, 6.45) is 0. The molecule has 1 fully saturated rings. The summed E-state index contributed by atoms with van der Waals surface area (Å²) in [4.78, 5) is 2.69. The molecule has 4 heteroatoms. The monoisotopic (exact) mass is 227 g/mol. The Morgan fingerprint density at radius 2 is 2.33 bits per heavy atom. The van der Waals surface area contributed by atoms with Gasteiger partial charge < -0.3 is 15.2 Å². The van der Waals surface area contributed by atoms with Gasteiger partial charge in [0.25, 0.3) is 0 Å². The van der Waals surface area contributed by atoms with Gasteiger partial charge in [-0.15, -0.1) is 11.3 Å². The molecule has 1 saturated heterocycles. The summed E-state index contributed by atoms with van der Waals surface area (Å²) >= 11 is 1.82. The summed E-state index contributed by atoms with van der Waals surface area (Å²) in [5, 5.41) is 12.6. The van der Waals surface area contributed by atoms with E-state index in [1.165, 1.54) is 9.75 Å². The van der Waals surface area contributed by atoms with E-state index in [1.54, 1.807) is 0 Å². The van der Waals surface area contributed by atoms with E-state index >= 15 is 0 Å². The van der Waals surface area contributed by atoms with Gasteiger partial charge >= 0.3 is 0 Å². The second-order valence-corrected chi connectivity index (χ2v) is 5.64. The van der Waals surface area contributed by atoms with Crippen LogP contribution in [-0.2, 0) is 11.3 Å². The van der Waals surface area contributed by atoms with Crippen LogP contribution in [0.1, 0.15) is 9.75 Å². The van der Waals surface area contributed by atoms with E-state index < -0.39 is 0 Å². The fourth-order valence-corrected chi connectivity index (χ4v) is 2.53. The first-order valence-electron chi connectivity index (χ1n) is 5.19. The minimum atomic E-state index is -0.0215. The standard InChI is InChI=1S/C11H17NO2S/c1-9-2-3-10(15-9)4-12-5-11(6-13)7-14-8-11/h2-3,12-13H,4-8H2,1H3. The maximum atomic E-state index is 9.22. The van der Waals surface area contributed by atoms with Gasteiger partial charge in [0, 0.05) is 22.8 Å². The first-order valence-corrected chi connectivity index (χ1v) is 6.00. The second kappa shape index (κ2) is 4.61. The molecule has 2 rings (SSSR count). The van der Waals surface area contributed by atoms with Crippen LogP contribution in [0.4, 0.5) is 0 Å². The quantitative estimate of drug-likeness (QED) is 0.793. The molecule has 0 radical (unpaired) electrons. The maximum absolute atomic E-state index is 9.22. The zero-order valence-electron chi connectivity index (χ0n) is 8.95. The Hall–Kier alpha value is -0.420. The van der Waals surface area contributed by atoms with Crippen LogP contribution >= 0.6 is 11.3 Å². The van der Waals surface area contributed by atoms with E-state index in [2.05, 4.69) is 24.4 Å². The van der Waals surface area contributed by atoms with Crippen LogP contribution in [-0.4, -0.2) is 31.5 Å². The number of hydrogen-bond acceptors (Lipinski definition) is 4. The molecule has 0 aliphatic carbocycles. The van der Waals surface area contributed by atoms with Crippen LogP contribution in [0.5, 0.6) is 0 Å². The highest BCUT2D eigenvalue weighted by atomic mass is 32.1. The van der Waals surface area contributed by atoms with Gasteiger partial charge in [-0.05, 0) is 19.1 Å². The SMILES string of the molecule is Cc1ccc(CNCC2(CO)COC2)s1. The summed E-state index contributed by atoms with van der Waals surface area (Å²) in [6.45, 7) is 5.41. The second-order valence-electron chi connectivity index (χ2n) is 4.27. The molecule has 2 heterocycles. The number of nitrogens with one attached hydrogen (secondary N) is 1. The number of aryl methyl sites for hydroxylation is 1. The van der Waals surface area contributed by atoms with E-state index in [1.807, 2.05) is 11.3 Å². The van der Waals surface area contributed by atoms with Crippen molar-refractivity contribution in [1.82, 2.24) is 5.32 Å². The predicted molar refractivity (Wildman–Crippen MR) is 61.1 cm³/mol. The van der Waals surface area contributed by atoms with Gasteiger partial charge in [0.15, 0.2) is 0 Å². The molecule has 84 valence electrons. The Morgan fingerprint density at radius 3 is 2.80 bits per heavy atom. The first-order chi connectivity index (χ1) is 7.24. The number of aliphatic hydroxyl groups is 1. The molecule has 3 nitrogen and oxygen atoms in total. The lowest BCUT2D eigenvalue weighted by Crippen LogP contribution is -2.52. The van der Waals surface area contributed by atoms with Gasteiger partial charge in [-0.1, -0.05) is 0 Å². The topological polar surface area (TPSA) is 41.5 Å². The third-order valence-corrected chi connectivity index (χ3v) is 3.75. The smallest absolute Gasteiger partial charge is 0.0579 e. The van der Waals surface area contributed by atoms with Crippen molar-refractivity contribution in [2.24, 2.45) is 5.41 Å². The maximum Gasteiger partial charge on any atom is 0.0579 e. The molecular weight excluding hydrogens is 210 g/mol. The van der Waals surface area contributed by atoms with Crippen molar-refractivity contribution in [2.45, 2.75) is 13.5 Å². The van der Waals surface area contributed by atoms with Crippen molar-refractivity contribution < 1.29 is 9.84 Å². The molecule has 1 aliphatic rings. The molecule has 1 aromatic heterocycles. The van der Waals surface area contributed by atoms with Crippen molar-refractivity contribution in [3.8, 4) is 0 Å². The van der Waals surface area contributed by atoms with E-state index in [-0.39, 0.29) is 12.0 Å². The molecule has 15 heavy (non-hydrogen) atoms. The van der Waals surface area contributed by atoms with E-state index in [9.17, 15) is 5.11 Å². The lowest BCUT2D eigenvalue weighted by atomic mass is 9.87. The molecule has 0 atom stereocenters. The molecule has 0 amide bonds. The van der Waals surface area contributed by atoms with Crippen LogP contribution in [0.3, 0.4) is 0 Å². The molecule has 0 spiro atoms. The first kappa shape index (κ1) is 11.1. The average molecular weight is 227 g/mol. The number of aliphatic hydroxyl groups excluding tert-OH is 1. The van der Waals surface area contributed by atoms with Gasteiger partial charge in [-0.3, -0.25) is 0 Å². The zero-order chi connectivity index (χ0) is 10.7. The number of rotatable bonds is 5. The third kappa shape index (κ3) is 2.58. The lowest BCUT2D eigenvalue weighted by Gasteiger charge is -2.39. The van der Waals surface area contributed by atoms with Crippen LogP contribution in [0.2, 0.25) is 0 Å². The van der Waals surface area contributed by atoms with Crippen LogP contribution < -0.4 is 5.32 Å². The Morgan fingerprint density at radius 1 is 1.53 bits per heavy atom. The largest absolute Gasteiger partial charge is 0.396 e. The summed E-state index contributed by atoms with van der Waals surface area (Å²) in [5.41, 5.74) is -0.0215. The summed E-state index contributed by atoms with van der Waals surface area (Å²) in [7, 11) is 0. The third-order valence-electron chi connectivity index (χ3n) is 2.75. The minimum Gasteiger partial charge on any atom is -0.396 e. The van der Waals surface area contributed by atoms with Gasteiger partial charge in [0.1, 0.15) is 0 Å². The Labute approximate surface area is 94.1 Å². The van der Waals surface area contributed by atoms with E-state index in [0.29, 0.717) is 13.2 Å². The van der Waals surface area contributed by atoms with Crippen LogP contribution in [0.15, 0.2) is 12.1 Å². The fraction of sp³-hybridized carbons (Fsp3) is 0.636. The molecule has 1 aliphatic heterocycles. The Bertz CT molecular complexity index is 315. The highest BCUT2D eigenvalue weighted by Gasteiger charge is 2.37. The van der Waals surface area contributed by atoms with Crippen molar-refractivity contribution in [2.75, 3.05) is 26.4 Å². The Kier molecular flexibility index (Phi) is 3.41. The van der Waals surface area contributed by atoms with E-state index in [0.717, 1.165) is 13.1 Å². The van der Waals surface area contributed by atoms with Crippen molar-refractivity contribution in [1.29, 1.82) is 0 Å². The summed E-state index contributed by atoms with van der Waals surface area (Å²) in [5.74, 6) is 0. The molecule has 1 aromatic rings. The normalized spacial score (nSPS) is 18.8. The summed E-state index contributed by atoms with van der Waals surface area (Å²) < 4.78 is 5.14. The van der Waals surface area contributed by atoms with Gasteiger partial charge in [-0.25, -0.2) is 0 Å². The van der Waals surface area contributed by atoms with Crippen molar-refractivity contribution in [3.63, 3.8) is 0 Å². The highest BCUT2D eigenvalue weighted by Crippen LogP contribution is 2.25. The molecule has 0 saturated carbocycles. The molecule has 0 bridgehead atoms. The molecular formula is C11H17NO2S. The van der Waals surface area contributed by atoms with Gasteiger partial charge in [0.05, 0.1) is 25.2 Å².